The molecule has 0 unspecified atom stereocenters. The zero-order chi connectivity index (χ0) is 27.1. The van der Waals surface area contributed by atoms with Crippen molar-refractivity contribution in [1.29, 1.82) is 0 Å². The molecule has 1 aliphatic carbocycles. The van der Waals surface area contributed by atoms with Crippen LogP contribution in [0.15, 0.2) is 77.7 Å². The van der Waals surface area contributed by atoms with Crippen molar-refractivity contribution in [3.8, 4) is 5.75 Å². The van der Waals surface area contributed by atoms with Crippen LogP contribution in [0.5, 0.6) is 5.75 Å². The minimum atomic E-state index is -4.13. The molecule has 2 N–H and O–H groups in total. The summed E-state index contributed by atoms with van der Waals surface area (Å²) < 4.78 is 33.3. The predicted molar refractivity (Wildman–Crippen MR) is 148 cm³/mol. The number of para-hydroxylation sites is 1. The fourth-order valence-electron chi connectivity index (χ4n) is 4.47. The summed E-state index contributed by atoms with van der Waals surface area (Å²) in [4.78, 5) is 26.3. The maximum Gasteiger partial charge on any atom is 0.264 e. The lowest BCUT2D eigenvalue weighted by Crippen LogP contribution is -2.39. The molecule has 3 aromatic carbocycles. The highest BCUT2D eigenvalue weighted by molar-refractivity contribution is 7.92. The summed E-state index contributed by atoms with van der Waals surface area (Å²) in [7, 11) is -2.68. The quantitative estimate of drug-likeness (QED) is 0.375. The lowest BCUT2D eigenvalue weighted by molar-refractivity contribution is -0.114. The normalized spacial score (nSPS) is 13.9. The van der Waals surface area contributed by atoms with Crippen molar-refractivity contribution in [2.45, 2.75) is 43.0 Å². The van der Waals surface area contributed by atoms with Gasteiger partial charge in [-0.25, -0.2) is 8.42 Å². The van der Waals surface area contributed by atoms with Gasteiger partial charge in [0.25, 0.3) is 15.9 Å². The van der Waals surface area contributed by atoms with Crippen molar-refractivity contribution < 1.29 is 22.7 Å². The number of carbonyl (C=O) groups excluding carboxylic acids is 2. The number of nitrogens with zero attached hydrogens (tertiary/aromatic N) is 1. The summed E-state index contributed by atoms with van der Waals surface area (Å²) in [6.45, 7) is -0.543. The molecule has 0 spiro atoms. The van der Waals surface area contributed by atoms with E-state index in [1.807, 2.05) is 0 Å². The summed E-state index contributed by atoms with van der Waals surface area (Å²) in [6, 6.07) is 19.1. The van der Waals surface area contributed by atoms with E-state index in [0.29, 0.717) is 17.0 Å². The highest BCUT2D eigenvalue weighted by Crippen LogP contribution is 2.32. The van der Waals surface area contributed by atoms with Crippen LogP contribution < -0.4 is 19.7 Å². The van der Waals surface area contributed by atoms with E-state index in [1.165, 1.54) is 43.9 Å². The molecule has 0 heterocycles. The van der Waals surface area contributed by atoms with E-state index in [9.17, 15) is 18.0 Å². The van der Waals surface area contributed by atoms with E-state index in [0.717, 1.165) is 30.0 Å². The molecule has 1 fully saturated rings. The van der Waals surface area contributed by atoms with Crippen LogP contribution in [0.3, 0.4) is 0 Å². The molecule has 0 aliphatic heterocycles. The van der Waals surface area contributed by atoms with E-state index < -0.39 is 22.5 Å². The summed E-state index contributed by atoms with van der Waals surface area (Å²) in [5.74, 6) is -0.521. The molecule has 4 rings (SSSR count). The molecule has 10 heteroatoms. The number of rotatable bonds is 9. The smallest absolute Gasteiger partial charge is 0.264 e. The summed E-state index contributed by atoms with van der Waals surface area (Å²) in [6.07, 6.45) is 5.17. The van der Waals surface area contributed by atoms with Gasteiger partial charge in [-0.2, -0.15) is 0 Å². The number of nitrogens with one attached hydrogen (secondary N) is 2. The van der Waals surface area contributed by atoms with Crippen LogP contribution in [0.1, 0.15) is 42.5 Å². The number of hydrogen-bond donors (Lipinski definition) is 2. The Kier molecular flexibility index (Phi) is 8.91. The number of benzene rings is 3. The molecular weight excluding hydrogens is 526 g/mol. The third kappa shape index (κ3) is 6.46. The van der Waals surface area contributed by atoms with Gasteiger partial charge in [0.15, 0.2) is 0 Å². The topological polar surface area (TPSA) is 105 Å². The number of carbonyl (C=O) groups is 2. The Morgan fingerprint density at radius 3 is 2.34 bits per heavy atom. The molecule has 0 saturated heterocycles. The average molecular weight is 556 g/mol. The molecule has 1 aliphatic rings. The van der Waals surface area contributed by atoms with E-state index in [4.69, 9.17) is 16.3 Å². The molecule has 3 aromatic rings. The molecule has 8 nitrogen and oxygen atoms in total. The van der Waals surface area contributed by atoms with Crippen molar-refractivity contribution in [3.05, 3.63) is 83.4 Å². The van der Waals surface area contributed by atoms with Gasteiger partial charge in [0.1, 0.15) is 12.3 Å². The van der Waals surface area contributed by atoms with Crippen LogP contribution >= 0.6 is 11.6 Å². The first-order valence-electron chi connectivity index (χ1n) is 12.4. The van der Waals surface area contributed by atoms with Gasteiger partial charge in [-0.05, 0) is 55.3 Å². The van der Waals surface area contributed by atoms with Crippen LogP contribution in [-0.4, -0.2) is 39.9 Å². The molecule has 38 heavy (non-hydrogen) atoms. The molecule has 200 valence electrons. The maximum absolute atomic E-state index is 13.6. The minimum absolute atomic E-state index is 0.0204. The van der Waals surface area contributed by atoms with E-state index in [1.54, 1.807) is 42.5 Å². The average Bonchev–Trinajstić information content (AvgIpc) is 2.93. The number of methoxy groups -OCH3 is 1. The second kappa shape index (κ2) is 12.3. The highest BCUT2D eigenvalue weighted by Gasteiger charge is 2.28. The second-order valence-corrected chi connectivity index (χ2v) is 11.3. The first-order valence-corrected chi connectivity index (χ1v) is 14.2. The number of amides is 2. The third-order valence-corrected chi connectivity index (χ3v) is 8.51. The number of hydrogen-bond acceptors (Lipinski definition) is 5. The standard InChI is InChI=1S/C28H30ClN3O5S/c1-37-26-17-16-21(18-24(26)29)32(38(35,36)22-12-6-3-7-13-22)19-27(33)31-25-15-9-8-14-23(25)28(34)30-20-10-4-2-5-11-20/h3,6-9,12-18,20H,2,4-5,10-11,19H2,1H3,(H,30,34)(H,31,33). The SMILES string of the molecule is COc1ccc(N(CC(=O)Nc2ccccc2C(=O)NC2CCCCC2)S(=O)(=O)c2ccccc2)cc1Cl. The predicted octanol–water partition coefficient (Wildman–Crippen LogP) is 5.25. The molecule has 1 saturated carbocycles. The Balaban J connectivity index is 1.59. The van der Waals surface area contributed by atoms with Gasteiger partial charge in [0.05, 0.1) is 34.0 Å². The Morgan fingerprint density at radius 2 is 1.66 bits per heavy atom. The second-order valence-electron chi connectivity index (χ2n) is 9.05. The zero-order valence-corrected chi connectivity index (χ0v) is 22.6. The summed E-state index contributed by atoms with van der Waals surface area (Å²) >= 11 is 6.28. The monoisotopic (exact) mass is 555 g/mol. The summed E-state index contributed by atoms with van der Waals surface area (Å²) in [5.41, 5.74) is 0.810. The van der Waals surface area contributed by atoms with E-state index in [-0.39, 0.29) is 27.6 Å². The Morgan fingerprint density at radius 1 is 0.974 bits per heavy atom. The van der Waals surface area contributed by atoms with Gasteiger partial charge in [-0.1, -0.05) is 61.2 Å². The number of sulfonamides is 1. The molecule has 0 atom stereocenters. The van der Waals surface area contributed by atoms with Crippen molar-refractivity contribution in [1.82, 2.24) is 5.32 Å². The number of ether oxygens (including phenoxy) is 1. The minimum Gasteiger partial charge on any atom is -0.495 e. The Labute approximate surface area is 228 Å². The lowest BCUT2D eigenvalue weighted by atomic mass is 9.95. The molecule has 0 bridgehead atoms. The van der Waals surface area contributed by atoms with E-state index in [2.05, 4.69) is 10.6 Å². The van der Waals surface area contributed by atoms with Crippen molar-refractivity contribution in [2.24, 2.45) is 0 Å². The molecule has 0 radical (unpaired) electrons. The van der Waals surface area contributed by atoms with Crippen molar-refractivity contribution >= 4 is 44.8 Å². The summed E-state index contributed by atoms with van der Waals surface area (Å²) in [5, 5.41) is 5.98. The fourth-order valence-corrected chi connectivity index (χ4v) is 6.15. The Bertz CT molecular complexity index is 1390. The largest absolute Gasteiger partial charge is 0.495 e. The van der Waals surface area contributed by atoms with Gasteiger partial charge in [0, 0.05) is 6.04 Å². The molecule has 2 amide bonds. The van der Waals surface area contributed by atoms with Crippen LogP contribution in [0.2, 0.25) is 5.02 Å². The molecular formula is C28H30ClN3O5S. The number of anilines is 2. The zero-order valence-electron chi connectivity index (χ0n) is 21.0. The van der Waals surface area contributed by atoms with Gasteiger partial charge < -0.3 is 15.4 Å². The van der Waals surface area contributed by atoms with Crippen molar-refractivity contribution in [3.63, 3.8) is 0 Å². The van der Waals surface area contributed by atoms with Crippen LogP contribution in [0.25, 0.3) is 0 Å². The highest BCUT2D eigenvalue weighted by atomic mass is 35.5. The van der Waals surface area contributed by atoms with Gasteiger partial charge in [0.2, 0.25) is 5.91 Å². The van der Waals surface area contributed by atoms with Gasteiger partial charge >= 0.3 is 0 Å². The fraction of sp³-hybridized carbons (Fsp3) is 0.286. The first-order chi connectivity index (χ1) is 18.3. The first kappa shape index (κ1) is 27.5. The van der Waals surface area contributed by atoms with Crippen LogP contribution in [0.4, 0.5) is 11.4 Å². The third-order valence-electron chi connectivity index (χ3n) is 6.43. The Hall–Kier alpha value is -3.56. The van der Waals surface area contributed by atoms with Gasteiger partial charge in [-0.3, -0.25) is 13.9 Å². The number of halogens is 1. The van der Waals surface area contributed by atoms with Crippen LogP contribution in [0, 0.1) is 0 Å². The molecule has 0 aromatic heterocycles. The van der Waals surface area contributed by atoms with Gasteiger partial charge in [-0.15, -0.1) is 0 Å². The van der Waals surface area contributed by atoms with Crippen LogP contribution in [-0.2, 0) is 14.8 Å². The van der Waals surface area contributed by atoms with Crippen molar-refractivity contribution in [2.75, 3.05) is 23.3 Å². The van der Waals surface area contributed by atoms with E-state index >= 15 is 0 Å². The lowest BCUT2D eigenvalue weighted by Gasteiger charge is -2.25. The maximum atomic E-state index is 13.6.